The van der Waals surface area contributed by atoms with E-state index in [0.29, 0.717) is 22.5 Å². The molecule has 11 heteroatoms. The van der Waals surface area contributed by atoms with E-state index in [1.165, 1.54) is 30.4 Å². The van der Waals surface area contributed by atoms with Crippen LogP contribution in [0, 0.1) is 6.92 Å². The van der Waals surface area contributed by atoms with Crippen LogP contribution in [0.2, 0.25) is 0 Å². The number of amides is 2. The summed E-state index contributed by atoms with van der Waals surface area (Å²) in [5.41, 5.74) is 9.70. The largest absolute Gasteiger partial charge is 0.365 e. The van der Waals surface area contributed by atoms with Gasteiger partial charge in [-0.3, -0.25) is 24.2 Å². The summed E-state index contributed by atoms with van der Waals surface area (Å²) in [5, 5.41) is 11.8. The van der Waals surface area contributed by atoms with Gasteiger partial charge in [0, 0.05) is 54.9 Å². The second-order valence-corrected chi connectivity index (χ2v) is 10.8. The topological polar surface area (TPSA) is 123 Å². The number of carbonyl (C=O) groups is 2. The van der Waals surface area contributed by atoms with Crippen LogP contribution in [0.3, 0.4) is 0 Å². The van der Waals surface area contributed by atoms with E-state index in [1.807, 2.05) is 26.2 Å². The molecule has 0 atom stereocenters. The molecule has 4 aromatic rings. The fourth-order valence-electron chi connectivity index (χ4n) is 4.86. The Labute approximate surface area is 213 Å². The molecular formula is C25H30N8O2S. The van der Waals surface area contributed by atoms with Crippen LogP contribution in [0.5, 0.6) is 0 Å². The van der Waals surface area contributed by atoms with Gasteiger partial charge in [0.2, 0.25) is 0 Å². The van der Waals surface area contributed by atoms with Gasteiger partial charge in [-0.1, -0.05) is 0 Å². The molecule has 0 unspecified atom stereocenters. The summed E-state index contributed by atoms with van der Waals surface area (Å²) in [6.45, 7) is 8.82. The van der Waals surface area contributed by atoms with E-state index in [9.17, 15) is 9.59 Å². The van der Waals surface area contributed by atoms with Gasteiger partial charge in [-0.25, -0.2) is 4.52 Å². The van der Waals surface area contributed by atoms with Crippen LogP contribution in [0.15, 0.2) is 30.9 Å². The van der Waals surface area contributed by atoms with Gasteiger partial charge in [0.25, 0.3) is 11.8 Å². The lowest BCUT2D eigenvalue weighted by atomic mass is 10.0. The van der Waals surface area contributed by atoms with Gasteiger partial charge in [0.05, 0.1) is 34.1 Å². The van der Waals surface area contributed by atoms with E-state index in [2.05, 4.69) is 39.2 Å². The zero-order valence-electron chi connectivity index (χ0n) is 20.9. The van der Waals surface area contributed by atoms with E-state index in [1.54, 1.807) is 21.6 Å². The number of carbonyl (C=O) groups excluding carboxylic acids is 2. The average molecular weight is 507 g/mol. The molecule has 10 nitrogen and oxygen atoms in total. The lowest BCUT2D eigenvalue weighted by Crippen LogP contribution is -2.43. The molecule has 1 saturated heterocycles. The summed E-state index contributed by atoms with van der Waals surface area (Å²) >= 11 is 1.41. The fraction of sp³-hybridized carbons (Fsp3) is 0.400. The highest BCUT2D eigenvalue weighted by Gasteiger charge is 2.31. The van der Waals surface area contributed by atoms with Crippen molar-refractivity contribution in [2.75, 3.05) is 19.6 Å². The summed E-state index contributed by atoms with van der Waals surface area (Å²) in [6, 6.07) is 1.84. The van der Waals surface area contributed by atoms with Gasteiger partial charge in [0.15, 0.2) is 0 Å². The van der Waals surface area contributed by atoms with Crippen molar-refractivity contribution in [3.8, 4) is 21.7 Å². The summed E-state index contributed by atoms with van der Waals surface area (Å²) < 4.78 is 3.42. The normalized spacial score (nSPS) is 15.6. The van der Waals surface area contributed by atoms with Crippen molar-refractivity contribution in [1.82, 2.24) is 34.6 Å². The maximum absolute atomic E-state index is 13.1. The highest BCUT2D eigenvalue weighted by molar-refractivity contribution is 7.21. The summed E-state index contributed by atoms with van der Waals surface area (Å²) in [4.78, 5) is 33.5. The molecule has 5 heterocycles. The number of pyridine rings is 1. The smallest absolute Gasteiger partial charge is 0.253 e. The van der Waals surface area contributed by atoms with Crippen molar-refractivity contribution < 1.29 is 9.59 Å². The van der Waals surface area contributed by atoms with Crippen LogP contribution in [0.1, 0.15) is 53.1 Å². The van der Waals surface area contributed by atoms with E-state index < -0.39 is 5.91 Å². The van der Waals surface area contributed by atoms with Crippen molar-refractivity contribution in [2.45, 2.75) is 39.2 Å². The number of thiazole rings is 1. The first kappa shape index (κ1) is 24.1. The molecule has 0 spiro atoms. The Hall–Kier alpha value is -3.57. The van der Waals surface area contributed by atoms with Gasteiger partial charge in [0.1, 0.15) is 4.83 Å². The van der Waals surface area contributed by atoms with E-state index in [4.69, 9.17) is 5.73 Å². The minimum Gasteiger partial charge on any atom is -0.365 e. The van der Waals surface area contributed by atoms with Crippen LogP contribution in [-0.2, 0) is 7.05 Å². The third-order valence-corrected chi connectivity index (χ3v) is 8.15. The van der Waals surface area contributed by atoms with Crippen LogP contribution in [0.4, 0.5) is 0 Å². The molecule has 188 valence electrons. The third kappa shape index (κ3) is 4.28. The molecule has 0 radical (unpaired) electrons. The lowest BCUT2D eigenvalue weighted by molar-refractivity contribution is 0.0939. The fourth-order valence-corrected chi connectivity index (χ4v) is 6.05. The maximum Gasteiger partial charge on any atom is 0.253 e. The van der Waals surface area contributed by atoms with Crippen LogP contribution < -0.4 is 11.1 Å². The zero-order chi connectivity index (χ0) is 25.6. The molecule has 1 aliphatic rings. The minimum atomic E-state index is -0.542. The number of hydrogen-bond donors (Lipinski definition) is 2. The van der Waals surface area contributed by atoms with Crippen LogP contribution in [0.25, 0.3) is 26.5 Å². The molecule has 36 heavy (non-hydrogen) atoms. The number of rotatable bonds is 7. The van der Waals surface area contributed by atoms with Gasteiger partial charge in [-0.05, 0) is 46.2 Å². The standard InChI is InChI=1S/C25H30N8O2S/c1-15-18(10-16(11-28-15)23(35)27-7-9-32-8-5-6-25(32,2)3)20-21(17-12-29-31(4)14-17)36-24-19(22(26)34)13-30-33(20)24/h10-14H,5-9H2,1-4H3,(H2,26,34)(H,27,35). The molecule has 0 aliphatic carbocycles. The predicted molar refractivity (Wildman–Crippen MR) is 139 cm³/mol. The average Bonchev–Trinajstić information content (AvgIpc) is 3.58. The Bertz CT molecular complexity index is 1460. The Balaban J connectivity index is 1.49. The number of hydrogen-bond acceptors (Lipinski definition) is 7. The minimum absolute atomic E-state index is 0.170. The lowest BCUT2D eigenvalue weighted by Gasteiger charge is -2.31. The molecule has 0 bridgehead atoms. The Morgan fingerprint density at radius 3 is 2.69 bits per heavy atom. The number of nitrogens with zero attached hydrogens (tertiary/aromatic N) is 6. The predicted octanol–water partition coefficient (Wildman–Crippen LogP) is 2.87. The number of fused-ring (bicyclic) bond motifs is 1. The number of nitrogens with one attached hydrogen (secondary N) is 1. The Kier molecular flexibility index (Phi) is 6.13. The van der Waals surface area contributed by atoms with Crippen LogP contribution in [-0.4, -0.2) is 66.3 Å². The van der Waals surface area contributed by atoms with Crippen molar-refractivity contribution in [1.29, 1.82) is 0 Å². The van der Waals surface area contributed by atoms with Crippen molar-refractivity contribution in [2.24, 2.45) is 12.8 Å². The SMILES string of the molecule is Cc1ncc(C(=O)NCCN2CCCC2(C)C)cc1-c1c(-c2cnn(C)c2)sc2c(C(N)=O)cnn12. The summed E-state index contributed by atoms with van der Waals surface area (Å²) in [7, 11) is 1.84. The maximum atomic E-state index is 13.1. The molecule has 1 aliphatic heterocycles. The van der Waals surface area contributed by atoms with Crippen molar-refractivity contribution >= 4 is 28.0 Å². The van der Waals surface area contributed by atoms with E-state index >= 15 is 0 Å². The second kappa shape index (κ2) is 9.14. The first-order chi connectivity index (χ1) is 17.2. The molecular weight excluding hydrogens is 476 g/mol. The first-order valence-electron chi connectivity index (χ1n) is 12.0. The quantitative estimate of drug-likeness (QED) is 0.397. The molecule has 4 aromatic heterocycles. The molecule has 1 fully saturated rings. The number of primary amides is 1. The Morgan fingerprint density at radius 2 is 2.03 bits per heavy atom. The number of likely N-dealkylation sites (tertiary alicyclic amines) is 1. The summed E-state index contributed by atoms with van der Waals surface area (Å²) in [5.74, 6) is -0.715. The summed E-state index contributed by atoms with van der Waals surface area (Å²) in [6.07, 6.45) is 9.09. The zero-order valence-corrected chi connectivity index (χ0v) is 21.7. The van der Waals surface area contributed by atoms with Gasteiger partial charge in [-0.15, -0.1) is 11.3 Å². The van der Waals surface area contributed by atoms with Crippen LogP contribution >= 0.6 is 11.3 Å². The van der Waals surface area contributed by atoms with Crippen molar-refractivity contribution in [3.05, 3.63) is 47.7 Å². The number of aryl methyl sites for hydroxylation is 2. The highest BCUT2D eigenvalue weighted by Crippen LogP contribution is 2.41. The van der Waals surface area contributed by atoms with E-state index in [-0.39, 0.29) is 11.4 Å². The second-order valence-electron chi connectivity index (χ2n) is 9.84. The van der Waals surface area contributed by atoms with Gasteiger partial charge < -0.3 is 11.1 Å². The molecule has 2 amide bonds. The highest BCUT2D eigenvalue weighted by atomic mass is 32.1. The van der Waals surface area contributed by atoms with E-state index in [0.717, 1.165) is 40.5 Å². The molecule has 0 saturated carbocycles. The molecule has 5 rings (SSSR count). The first-order valence-corrected chi connectivity index (χ1v) is 12.8. The third-order valence-electron chi connectivity index (χ3n) is 6.93. The molecule has 0 aromatic carbocycles. The molecule has 3 N–H and O–H groups in total. The number of aromatic nitrogens is 5. The van der Waals surface area contributed by atoms with Crippen molar-refractivity contribution in [3.63, 3.8) is 0 Å². The Morgan fingerprint density at radius 1 is 1.22 bits per heavy atom. The van der Waals surface area contributed by atoms with Gasteiger partial charge >= 0.3 is 0 Å². The van der Waals surface area contributed by atoms with Gasteiger partial charge in [-0.2, -0.15) is 10.2 Å². The number of nitrogens with two attached hydrogens (primary N) is 1. The monoisotopic (exact) mass is 506 g/mol.